The summed E-state index contributed by atoms with van der Waals surface area (Å²) in [6.07, 6.45) is 0.564. The van der Waals surface area contributed by atoms with Gasteiger partial charge in [-0.05, 0) is 25.5 Å². The molecule has 0 spiro atoms. The Kier molecular flexibility index (Phi) is 6.06. The highest BCUT2D eigenvalue weighted by atomic mass is 32.2. The molecule has 23 heavy (non-hydrogen) atoms. The maximum atomic E-state index is 11.7. The smallest absolute Gasteiger partial charge is 0.316 e. The predicted octanol–water partition coefficient (Wildman–Crippen LogP) is 1.40. The normalized spacial score (nSPS) is 19.3. The van der Waals surface area contributed by atoms with Gasteiger partial charge in [-0.3, -0.25) is 9.59 Å². The zero-order chi connectivity index (χ0) is 16.9. The van der Waals surface area contributed by atoms with Gasteiger partial charge >= 0.3 is 5.97 Å². The molecule has 1 aromatic carbocycles. The number of nitrogens with one attached hydrogen (secondary N) is 1. The van der Waals surface area contributed by atoms with E-state index in [1.165, 1.54) is 11.8 Å². The van der Waals surface area contributed by atoms with Crippen LogP contribution in [-0.2, 0) is 24.2 Å². The van der Waals surface area contributed by atoms with Crippen LogP contribution in [0.4, 0.5) is 5.69 Å². The van der Waals surface area contributed by atoms with E-state index in [-0.39, 0.29) is 29.1 Å². The number of aryl methyl sites for hydroxylation is 1. The molecule has 1 aliphatic rings. The first-order valence-corrected chi connectivity index (χ1v) is 10.1. The molecule has 1 atom stereocenters. The molecule has 1 aromatic rings. The Bertz CT molecular complexity index is 670. The summed E-state index contributed by atoms with van der Waals surface area (Å²) < 4.78 is 27.5. The van der Waals surface area contributed by atoms with Crippen LogP contribution in [0.2, 0.25) is 0 Å². The van der Waals surface area contributed by atoms with Gasteiger partial charge in [0.05, 0.1) is 17.3 Å². The molecule has 1 amide bonds. The van der Waals surface area contributed by atoms with Crippen LogP contribution in [0.15, 0.2) is 24.3 Å². The van der Waals surface area contributed by atoms with E-state index < -0.39 is 21.7 Å². The summed E-state index contributed by atoms with van der Waals surface area (Å²) in [5.74, 6) is -0.579. The van der Waals surface area contributed by atoms with E-state index in [9.17, 15) is 18.0 Å². The van der Waals surface area contributed by atoms with Crippen molar-refractivity contribution in [2.45, 2.75) is 18.6 Å². The average molecular weight is 357 g/mol. The second-order valence-corrected chi connectivity index (χ2v) is 8.93. The Morgan fingerprint density at radius 3 is 2.61 bits per heavy atom. The molecule has 1 heterocycles. The number of amides is 1. The van der Waals surface area contributed by atoms with Crippen LogP contribution in [0.1, 0.15) is 12.0 Å². The van der Waals surface area contributed by atoms with Gasteiger partial charge < -0.3 is 10.1 Å². The second-order valence-electron chi connectivity index (χ2n) is 5.41. The van der Waals surface area contributed by atoms with E-state index in [4.69, 9.17) is 4.74 Å². The van der Waals surface area contributed by atoms with Gasteiger partial charge in [0.1, 0.15) is 0 Å². The van der Waals surface area contributed by atoms with Crippen molar-refractivity contribution in [1.82, 2.24) is 0 Å². The maximum absolute atomic E-state index is 11.7. The number of anilines is 1. The van der Waals surface area contributed by atoms with Crippen LogP contribution in [0.3, 0.4) is 0 Å². The Labute approximate surface area is 139 Å². The molecular formula is C15H19NO5S2. The number of esters is 1. The fourth-order valence-electron chi connectivity index (χ4n) is 2.10. The number of thioether (sulfide) groups is 1. The van der Waals surface area contributed by atoms with E-state index in [2.05, 4.69) is 5.32 Å². The number of sulfone groups is 1. The van der Waals surface area contributed by atoms with Crippen molar-refractivity contribution in [3.05, 3.63) is 29.8 Å². The van der Waals surface area contributed by atoms with Crippen LogP contribution in [-0.4, -0.2) is 49.4 Å². The number of hydrogen-bond acceptors (Lipinski definition) is 6. The van der Waals surface area contributed by atoms with Gasteiger partial charge in [-0.1, -0.05) is 17.7 Å². The van der Waals surface area contributed by atoms with Crippen molar-refractivity contribution < 1.29 is 22.7 Å². The van der Waals surface area contributed by atoms with Gasteiger partial charge in [-0.25, -0.2) is 8.42 Å². The van der Waals surface area contributed by atoms with Crippen molar-refractivity contribution in [1.29, 1.82) is 0 Å². The van der Waals surface area contributed by atoms with Gasteiger partial charge in [0.2, 0.25) is 0 Å². The van der Waals surface area contributed by atoms with Crippen LogP contribution < -0.4 is 5.32 Å². The fraction of sp³-hybridized carbons (Fsp3) is 0.467. The first-order valence-electron chi connectivity index (χ1n) is 7.18. The van der Waals surface area contributed by atoms with Crippen molar-refractivity contribution >= 4 is 39.2 Å². The summed E-state index contributed by atoms with van der Waals surface area (Å²) in [5, 5.41) is 2.57. The number of rotatable bonds is 6. The lowest BCUT2D eigenvalue weighted by Gasteiger charge is -2.08. The minimum atomic E-state index is -2.94. The molecule has 0 saturated carbocycles. The first-order chi connectivity index (χ1) is 10.8. The number of ether oxygens (including phenoxy) is 1. The van der Waals surface area contributed by atoms with Crippen molar-refractivity contribution in [3.63, 3.8) is 0 Å². The lowest BCUT2D eigenvalue weighted by Crippen LogP contribution is -2.22. The monoisotopic (exact) mass is 357 g/mol. The molecular weight excluding hydrogens is 338 g/mol. The number of carbonyl (C=O) groups excluding carboxylic acids is 2. The van der Waals surface area contributed by atoms with Gasteiger partial charge in [-0.2, -0.15) is 0 Å². The molecule has 126 valence electrons. The van der Waals surface area contributed by atoms with Crippen LogP contribution >= 0.6 is 11.8 Å². The third kappa shape index (κ3) is 6.23. The summed E-state index contributed by atoms with van der Waals surface area (Å²) in [7, 11) is -2.94. The zero-order valence-electron chi connectivity index (χ0n) is 12.8. The number of hydrogen-bond donors (Lipinski definition) is 1. The quantitative estimate of drug-likeness (QED) is 0.774. The van der Waals surface area contributed by atoms with Crippen LogP contribution in [0.5, 0.6) is 0 Å². The molecule has 6 nitrogen and oxygen atoms in total. The largest absolute Gasteiger partial charge is 0.455 e. The van der Waals surface area contributed by atoms with E-state index in [1.54, 1.807) is 12.1 Å². The first kappa shape index (κ1) is 17.8. The highest BCUT2D eigenvalue weighted by molar-refractivity contribution is 8.02. The molecule has 0 unspecified atom stereocenters. The fourth-order valence-corrected chi connectivity index (χ4v) is 5.54. The standard InChI is InChI=1S/C15H19NO5S2/c1-11-2-4-12(5-3-11)16-14(17)8-21-15(18)9-22-13-6-7-23(19,20)10-13/h2-5,13H,6-10H2,1H3,(H,16,17)/t13-/m0/s1. The van der Waals surface area contributed by atoms with E-state index >= 15 is 0 Å². The Morgan fingerprint density at radius 2 is 2.00 bits per heavy atom. The zero-order valence-corrected chi connectivity index (χ0v) is 14.4. The lowest BCUT2D eigenvalue weighted by molar-refractivity contribution is -0.144. The summed E-state index contributed by atoms with van der Waals surface area (Å²) in [5.41, 5.74) is 1.72. The van der Waals surface area contributed by atoms with Gasteiger partial charge in [0.25, 0.3) is 5.91 Å². The third-order valence-electron chi connectivity index (χ3n) is 3.33. The minimum absolute atomic E-state index is 0.0536. The maximum Gasteiger partial charge on any atom is 0.316 e. The number of carbonyl (C=O) groups is 2. The highest BCUT2D eigenvalue weighted by Gasteiger charge is 2.28. The van der Waals surface area contributed by atoms with Gasteiger partial charge in [-0.15, -0.1) is 11.8 Å². The topological polar surface area (TPSA) is 89.5 Å². The molecule has 1 saturated heterocycles. The molecule has 0 aliphatic carbocycles. The molecule has 1 aliphatic heterocycles. The van der Waals surface area contributed by atoms with E-state index in [0.717, 1.165) is 5.56 Å². The van der Waals surface area contributed by atoms with Gasteiger partial charge in [0.15, 0.2) is 16.4 Å². The molecule has 8 heteroatoms. The Morgan fingerprint density at radius 1 is 1.30 bits per heavy atom. The van der Waals surface area contributed by atoms with Crippen molar-refractivity contribution in [3.8, 4) is 0 Å². The second kappa shape index (κ2) is 7.83. The predicted molar refractivity (Wildman–Crippen MR) is 90.3 cm³/mol. The SMILES string of the molecule is Cc1ccc(NC(=O)COC(=O)CS[C@H]2CCS(=O)(=O)C2)cc1. The lowest BCUT2D eigenvalue weighted by atomic mass is 10.2. The van der Waals surface area contributed by atoms with E-state index in [1.807, 2.05) is 19.1 Å². The molecule has 0 radical (unpaired) electrons. The van der Waals surface area contributed by atoms with Crippen LogP contribution in [0, 0.1) is 6.92 Å². The third-order valence-corrected chi connectivity index (χ3v) is 6.58. The van der Waals surface area contributed by atoms with Crippen molar-refractivity contribution in [2.24, 2.45) is 0 Å². The Balaban J connectivity index is 1.66. The molecule has 0 bridgehead atoms. The molecule has 2 rings (SSSR count). The summed E-state index contributed by atoms with van der Waals surface area (Å²) in [6.45, 7) is 1.59. The molecule has 1 fully saturated rings. The highest BCUT2D eigenvalue weighted by Crippen LogP contribution is 2.24. The summed E-state index contributed by atoms with van der Waals surface area (Å²) >= 11 is 1.27. The summed E-state index contributed by atoms with van der Waals surface area (Å²) in [6, 6.07) is 7.28. The van der Waals surface area contributed by atoms with Crippen LogP contribution in [0.25, 0.3) is 0 Å². The van der Waals surface area contributed by atoms with E-state index in [0.29, 0.717) is 12.1 Å². The summed E-state index contributed by atoms with van der Waals surface area (Å²) in [4.78, 5) is 23.3. The Hall–Kier alpha value is -1.54. The minimum Gasteiger partial charge on any atom is -0.455 e. The van der Waals surface area contributed by atoms with Gasteiger partial charge in [0, 0.05) is 10.9 Å². The average Bonchev–Trinajstić information content (AvgIpc) is 2.85. The number of benzene rings is 1. The van der Waals surface area contributed by atoms with Crippen molar-refractivity contribution in [2.75, 3.05) is 29.2 Å². The molecule has 1 N–H and O–H groups in total. The molecule has 0 aromatic heterocycles.